The van der Waals surface area contributed by atoms with Crippen LogP contribution in [-0.2, 0) is 4.74 Å². The van der Waals surface area contributed by atoms with Crippen molar-refractivity contribution in [2.24, 2.45) is 0 Å². The molecule has 0 amide bonds. The summed E-state index contributed by atoms with van der Waals surface area (Å²) in [7, 11) is 0. The van der Waals surface area contributed by atoms with Gasteiger partial charge in [0, 0.05) is 35.7 Å². The second kappa shape index (κ2) is 7.51. The molecule has 2 atom stereocenters. The lowest BCUT2D eigenvalue weighted by molar-refractivity contribution is -0.0652. The van der Waals surface area contributed by atoms with Gasteiger partial charge in [0.05, 0.1) is 23.8 Å². The second-order valence-electron chi connectivity index (χ2n) is 7.09. The molecular weight excluding hydrogens is 355 g/mol. The van der Waals surface area contributed by atoms with Crippen molar-refractivity contribution in [2.75, 3.05) is 19.6 Å². The van der Waals surface area contributed by atoms with Crippen molar-refractivity contribution in [3.05, 3.63) is 52.1 Å². The Hall–Kier alpha value is -1.69. The monoisotopic (exact) mass is 378 g/mol. The molecule has 0 aliphatic carbocycles. The van der Waals surface area contributed by atoms with Crippen LogP contribution >= 0.6 is 11.6 Å². The maximum absolute atomic E-state index is 13.5. The Morgan fingerprint density at radius 3 is 2.50 bits per heavy atom. The molecule has 26 heavy (non-hydrogen) atoms. The minimum absolute atomic E-state index is 0.0687. The van der Waals surface area contributed by atoms with Crippen molar-refractivity contribution in [2.45, 2.75) is 39.9 Å². The van der Waals surface area contributed by atoms with Gasteiger partial charge >= 0.3 is 0 Å². The standard InChI is InChI=1S/C20H24ClFN2O2/c1-12-7-17(20(25)11-23-9-13(2)26-14(3)10-23)15(4)24(12)16-5-6-19(22)18(21)8-16/h5-8,13-14H,9-11H2,1-4H3. The Morgan fingerprint density at radius 2 is 1.88 bits per heavy atom. The lowest BCUT2D eigenvalue weighted by atomic mass is 10.1. The summed E-state index contributed by atoms with van der Waals surface area (Å²) in [6, 6.07) is 6.48. The predicted molar refractivity (Wildman–Crippen MR) is 101 cm³/mol. The number of benzene rings is 1. The van der Waals surface area contributed by atoms with E-state index in [0.717, 1.165) is 30.2 Å². The number of hydrogen-bond donors (Lipinski definition) is 0. The molecule has 2 unspecified atom stereocenters. The van der Waals surface area contributed by atoms with Crippen molar-refractivity contribution in [3.8, 4) is 5.69 Å². The number of halogens is 2. The van der Waals surface area contributed by atoms with E-state index in [9.17, 15) is 9.18 Å². The summed E-state index contributed by atoms with van der Waals surface area (Å²) >= 11 is 5.92. The van der Waals surface area contributed by atoms with E-state index in [0.29, 0.717) is 12.1 Å². The Labute approximate surface area is 158 Å². The predicted octanol–water partition coefficient (Wildman–Crippen LogP) is 4.18. The molecule has 1 fully saturated rings. The van der Waals surface area contributed by atoms with Crippen LogP contribution in [0.1, 0.15) is 35.6 Å². The topological polar surface area (TPSA) is 34.5 Å². The summed E-state index contributed by atoms with van der Waals surface area (Å²) < 4.78 is 21.1. The number of aromatic nitrogens is 1. The molecular formula is C20H24ClFN2O2. The highest BCUT2D eigenvalue weighted by atomic mass is 35.5. The first kappa shape index (κ1) is 19.1. The van der Waals surface area contributed by atoms with Gasteiger partial charge in [0.25, 0.3) is 0 Å². The molecule has 0 spiro atoms. The van der Waals surface area contributed by atoms with E-state index in [2.05, 4.69) is 4.90 Å². The number of carbonyl (C=O) groups excluding carboxylic acids is 1. The fraction of sp³-hybridized carbons (Fsp3) is 0.450. The number of ketones is 1. The minimum atomic E-state index is -0.454. The van der Waals surface area contributed by atoms with Gasteiger partial charge in [0.2, 0.25) is 0 Å². The maximum Gasteiger partial charge on any atom is 0.178 e. The van der Waals surface area contributed by atoms with Crippen LogP contribution in [0.5, 0.6) is 0 Å². The zero-order valence-corrected chi connectivity index (χ0v) is 16.3. The smallest absolute Gasteiger partial charge is 0.178 e. The molecule has 1 saturated heterocycles. The summed E-state index contributed by atoms with van der Waals surface area (Å²) in [5, 5.41) is 0.0687. The van der Waals surface area contributed by atoms with Gasteiger partial charge in [-0.3, -0.25) is 9.69 Å². The van der Waals surface area contributed by atoms with Gasteiger partial charge in [-0.15, -0.1) is 0 Å². The molecule has 1 aromatic heterocycles. The molecule has 2 heterocycles. The molecule has 0 saturated carbocycles. The van der Waals surface area contributed by atoms with Crippen LogP contribution in [0, 0.1) is 19.7 Å². The molecule has 6 heteroatoms. The molecule has 140 valence electrons. The van der Waals surface area contributed by atoms with Gasteiger partial charge in [0.15, 0.2) is 5.78 Å². The van der Waals surface area contributed by atoms with E-state index in [1.54, 1.807) is 12.1 Å². The van der Waals surface area contributed by atoms with Crippen LogP contribution in [0.3, 0.4) is 0 Å². The Kier molecular flexibility index (Phi) is 5.51. The zero-order chi connectivity index (χ0) is 19.0. The number of carbonyl (C=O) groups is 1. The van der Waals surface area contributed by atoms with E-state index in [1.807, 2.05) is 38.3 Å². The van der Waals surface area contributed by atoms with E-state index in [1.165, 1.54) is 6.07 Å². The Balaban J connectivity index is 1.85. The maximum atomic E-state index is 13.5. The van der Waals surface area contributed by atoms with Crippen molar-refractivity contribution < 1.29 is 13.9 Å². The molecule has 0 radical (unpaired) electrons. The van der Waals surface area contributed by atoms with Gasteiger partial charge in [-0.1, -0.05) is 11.6 Å². The SMILES string of the molecule is Cc1cc(C(=O)CN2CC(C)OC(C)C2)c(C)n1-c1ccc(F)c(Cl)c1. The quantitative estimate of drug-likeness (QED) is 0.748. The fourth-order valence-electron chi connectivity index (χ4n) is 3.77. The van der Waals surface area contributed by atoms with Crippen molar-refractivity contribution in [1.29, 1.82) is 0 Å². The molecule has 1 aromatic carbocycles. The number of ether oxygens (including phenoxy) is 1. The first-order valence-corrected chi connectivity index (χ1v) is 9.19. The van der Waals surface area contributed by atoms with Crippen LogP contribution in [0.15, 0.2) is 24.3 Å². The molecule has 1 aliphatic rings. The fourth-order valence-corrected chi connectivity index (χ4v) is 3.94. The lowest BCUT2D eigenvalue weighted by Gasteiger charge is -2.34. The molecule has 3 rings (SSSR count). The number of hydrogen-bond acceptors (Lipinski definition) is 3. The average molecular weight is 379 g/mol. The number of aryl methyl sites for hydroxylation is 1. The van der Waals surface area contributed by atoms with E-state index < -0.39 is 5.82 Å². The molecule has 0 N–H and O–H groups in total. The van der Waals surface area contributed by atoms with Crippen molar-refractivity contribution >= 4 is 17.4 Å². The summed E-state index contributed by atoms with van der Waals surface area (Å²) in [6.45, 7) is 9.76. The van der Waals surface area contributed by atoms with Gasteiger partial charge in [-0.25, -0.2) is 4.39 Å². The second-order valence-corrected chi connectivity index (χ2v) is 7.50. The summed E-state index contributed by atoms with van der Waals surface area (Å²) in [6.07, 6.45) is 0.251. The van der Waals surface area contributed by atoms with Gasteiger partial charge in [-0.2, -0.15) is 0 Å². The van der Waals surface area contributed by atoms with Crippen LogP contribution in [0.25, 0.3) is 5.69 Å². The Bertz CT molecular complexity index is 823. The normalized spacial score (nSPS) is 21.2. The third-order valence-electron chi connectivity index (χ3n) is 4.76. The van der Waals surface area contributed by atoms with Crippen LogP contribution in [-0.4, -0.2) is 47.1 Å². The number of morpholine rings is 1. The van der Waals surface area contributed by atoms with Gasteiger partial charge in [0.1, 0.15) is 5.82 Å². The van der Waals surface area contributed by atoms with E-state index >= 15 is 0 Å². The number of nitrogens with zero attached hydrogens (tertiary/aromatic N) is 2. The third kappa shape index (κ3) is 3.85. The van der Waals surface area contributed by atoms with Crippen LogP contribution < -0.4 is 0 Å². The zero-order valence-electron chi connectivity index (χ0n) is 15.6. The lowest BCUT2D eigenvalue weighted by Crippen LogP contribution is -2.47. The first-order valence-electron chi connectivity index (χ1n) is 8.81. The van der Waals surface area contributed by atoms with Gasteiger partial charge in [-0.05, 0) is 52.0 Å². The Morgan fingerprint density at radius 1 is 1.23 bits per heavy atom. The molecule has 4 nitrogen and oxygen atoms in total. The molecule has 2 aromatic rings. The summed E-state index contributed by atoms with van der Waals surface area (Å²) in [5.41, 5.74) is 3.19. The molecule has 1 aliphatic heterocycles. The van der Waals surface area contributed by atoms with Crippen LogP contribution in [0.4, 0.5) is 4.39 Å². The average Bonchev–Trinajstić information content (AvgIpc) is 2.84. The number of rotatable bonds is 4. The largest absolute Gasteiger partial charge is 0.373 e. The van der Waals surface area contributed by atoms with Crippen molar-refractivity contribution in [1.82, 2.24) is 9.47 Å². The third-order valence-corrected chi connectivity index (χ3v) is 5.05. The van der Waals surface area contributed by atoms with Crippen LogP contribution in [0.2, 0.25) is 5.02 Å². The minimum Gasteiger partial charge on any atom is -0.373 e. The summed E-state index contributed by atoms with van der Waals surface area (Å²) in [4.78, 5) is 15.0. The van der Waals surface area contributed by atoms with Gasteiger partial charge < -0.3 is 9.30 Å². The molecule has 0 bridgehead atoms. The number of Topliss-reactive ketones (excluding diaryl/α,β-unsaturated/α-hetero) is 1. The van der Waals surface area contributed by atoms with E-state index in [4.69, 9.17) is 16.3 Å². The summed E-state index contributed by atoms with van der Waals surface area (Å²) in [5.74, 6) is -0.372. The van der Waals surface area contributed by atoms with Crippen molar-refractivity contribution in [3.63, 3.8) is 0 Å². The highest BCUT2D eigenvalue weighted by Crippen LogP contribution is 2.25. The highest BCUT2D eigenvalue weighted by Gasteiger charge is 2.25. The van der Waals surface area contributed by atoms with E-state index in [-0.39, 0.29) is 23.0 Å². The first-order chi connectivity index (χ1) is 12.3. The highest BCUT2D eigenvalue weighted by molar-refractivity contribution is 6.30.